The minimum absolute atomic E-state index is 0.199. The predicted octanol–water partition coefficient (Wildman–Crippen LogP) is 1.98. The standard InChI is InChI=1S/C17H24N6O/c1-13(16-21-19-12-22(16)2)20-17(24)18-11-14-5-7-15(8-6-14)23-9-3-4-10-23/h5-8,12-13H,3-4,9-11H2,1-2H3,(H2,18,20,24). The molecule has 1 aromatic heterocycles. The number of urea groups is 1. The van der Waals surface area contributed by atoms with Crippen molar-refractivity contribution in [3.05, 3.63) is 42.0 Å². The van der Waals surface area contributed by atoms with Crippen LogP contribution in [0.25, 0.3) is 0 Å². The molecule has 7 nitrogen and oxygen atoms in total. The van der Waals surface area contributed by atoms with Crippen molar-refractivity contribution in [3.8, 4) is 0 Å². The number of nitrogens with zero attached hydrogens (tertiary/aromatic N) is 4. The summed E-state index contributed by atoms with van der Waals surface area (Å²) in [6.45, 7) is 4.66. The van der Waals surface area contributed by atoms with Crippen LogP contribution < -0.4 is 15.5 Å². The molecule has 2 N–H and O–H groups in total. The lowest BCUT2D eigenvalue weighted by molar-refractivity contribution is 0.237. The van der Waals surface area contributed by atoms with Crippen LogP contribution in [-0.2, 0) is 13.6 Å². The molecule has 0 radical (unpaired) electrons. The van der Waals surface area contributed by atoms with Crippen molar-refractivity contribution in [2.24, 2.45) is 7.05 Å². The lowest BCUT2D eigenvalue weighted by Crippen LogP contribution is -2.37. The summed E-state index contributed by atoms with van der Waals surface area (Å²) < 4.78 is 1.79. The van der Waals surface area contributed by atoms with E-state index in [-0.39, 0.29) is 12.1 Å². The molecule has 1 aromatic carbocycles. The van der Waals surface area contributed by atoms with E-state index in [2.05, 4.69) is 50.0 Å². The quantitative estimate of drug-likeness (QED) is 0.880. The largest absolute Gasteiger partial charge is 0.372 e. The molecular formula is C17H24N6O. The Balaban J connectivity index is 1.48. The van der Waals surface area contributed by atoms with Gasteiger partial charge in [0.2, 0.25) is 0 Å². The molecule has 1 atom stereocenters. The maximum Gasteiger partial charge on any atom is 0.315 e. The first-order chi connectivity index (χ1) is 11.6. The molecule has 2 aromatic rings. The summed E-state index contributed by atoms with van der Waals surface area (Å²) in [6, 6.07) is 7.98. The minimum Gasteiger partial charge on any atom is -0.372 e. The van der Waals surface area contributed by atoms with Crippen molar-refractivity contribution < 1.29 is 4.79 Å². The van der Waals surface area contributed by atoms with E-state index in [1.165, 1.54) is 18.5 Å². The molecule has 1 saturated heterocycles. The van der Waals surface area contributed by atoms with Crippen LogP contribution in [0.2, 0.25) is 0 Å². The fourth-order valence-corrected chi connectivity index (χ4v) is 2.98. The molecule has 128 valence electrons. The van der Waals surface area contributed by atoms with Gasteiger partial charge in [0, 0.05) is 32.4 Å². The highest BCUT2D eigenvalue weighted by Crippen LogP contribution is 2.20. The lowest BCUT2D eigenvalue weighted by atomic mass is 10.2. The van der Waals surface area contributed by atoms with E-state index in [9.17, 15) is 4.79 Å². The van der Waals surface area contributed by atoms with Crippen LogP contribution >= 0.6 is 0 Å². The third kappa shape index (κ3) is 3.84. The van der Waals surface area contributed by atoms with Gasteiger partial charge in [0.05, 0.1) is 6.04 Å². The summed E-state index contributed by atoms with van der Waals surface area (Å²) in [5, 5.41) is 13.6. The molecule has 3 rings (SSSR count). The zero-order valence-electron chi connectivity index (χ0n) is 14.2. The van der Waals surface area contributed by atoms with Crippen LogP contribution in [0.1, 0.15) is 37.2 Å². The van der Waals surface area contributed by atoms with Crippen LogP contribution in [0.15, 0.2) is 30.6 Å². The van der Waals surface area contributed by atoms with Crippen LogP contribution in [0, 0.1) is 0 Å². The summed E-state index contributed by atoms with van der Waals surface area (Å²) in [5.41, 5.74) is 2.34. The van der Waals surface area contributed by atoms with Gasteiger partial charge in [0.15, 0.2) is 5.82 Å². The Kier molecular flexibility index (Phi) is 4.98. The zero-order chi connectivity index (χ0) is 16.9. The molecule has 1 unspecified atom stereocenters. The van der Waals surface area contributed by atoms with Gasteiger partial charge in [0.1, 0.15) is 6.33 Å². The average molecular weight is 328 g/mol. The molecule has 0 bridgehead atoms. The molecule has 2 heterocycles. The fraction of sp³-hybridized carbons (Fsp3) is 0.471. The highest BCUT2D eigenvalue weighted by atomic mass is 16.2. The summed E-state index contributed by atoms with van der Waals surface area (Å²) in [5.74, 6) is 0.722. The van der Waals surface area contributed by atoms with Gasteiger partial charge in [0.25, 0.3) is 0 Å². The van der Waals surface area contributed by atoms with Gasteiger partial charge in [-0.3, -0.25) is 0 Å². The van der Waals surface area contributed by atoms with Crippen molar-refractivity contribution in [1.29, 1.82) is 0 Å². The number of benzene rings is 1. The monoisotopic (exact) mass is 328 g/mol. The molecule has 0 spiro atoms. The van der Waals surface area contributed by atoms with Gasteiger partial charge in [-0.2, -0.15) is 0 Å². The Morgan fingerprint density at radius 2 is 1.96 bits per heavy atom. The number of carbonyl (C=O) groups is 1. The Morgan fingerprint density at radius 1 is 1.25 bits per heavy atom. The summed E-state index contributed by atoms with van der Waals surface area (Å²) >= 11 is 0. The van der Waals surface area contributed by atoms with E-state index in [1.807, 2.05) is 14.0 Å². The Labute approximate surface area is 142 Å². The number of rotatable bonds is 5. The molecule has 0 saturated carbocycles. The minimum atomic E-state index is -0.214. The summed E-state index contributed by atoms with van der Waals surface area (Å²) in [7, 11) is 1.85. The molecule has 1 aliphatic heterocycles. The number of nitrogens with one attached hydrogen (secondary N) is 2. The SMILES string of the molecule is CC(NC(=O)NCc1ccc(N2CCCC2)cc1)c1nncn1C. The van der Waals surface area contributed by atoms with Gasteiger partial charge in [-0.05, 0) is 37.5 Å². The number of hydrogen-bond donors (Lipinski definition) is 2. The number of hydrogen-bond acceptors (Lipinski definition) is 4. The average Bonchev–Trinajstić information content (AvgIpc) is 3.25. The third-order valence-electron chi connectivity index (χ3n) is 4.34. The highest BCUT2D eigenvalue weighted by molar-refractivity contribution is 5.74. The van der Waals surface area contributed by atoms with Crippen molar-refractivity contribution in [2.45, 2.75) is 32.4 Å². The van der Waals surface area contributed by atoms with Crippen molar-refractivity contribution in [1.82, 2.24) is 25.4 Å². The highest BCUT2D eigenvalue weighted by Gasteiger charge is 2.14. The van der Waals surface area contributed by atoms with Crippen molar-refractivity contribution in [3.63, 3.8) is 0 Å². The van der Waals surface area contributed by atoms with Crippen LogP contribution in [0.3, 0.4) is 0 Å². The van der Waals surface area contributed by atoms with Crippen LogP contribution in [0.4, 0.5) is 10.5 Å². The van der Waals surface area contributed by atoms with Crippen molar-refractivity contribution in [2.75, 3.05) is 18.0 Å². The Hall–Kier alpha value is -2.57. The van der Waals surface area contributed by atoms with E-state index in [1.54, 1.807) is 10.9 Å². The van der Waals surface area contributed by atoms with E-state index >= 15 is 0 Å². The zero-order valence-corrected chi connectivity index (χ0v) is 14.2. The van der Waals surface area contributed by atoms with Crippen molar-refractivity contribution >= 4 is 11.7 Å². The molecule has 1 fully saturated rings. The number of carbonyl (C=O) groups excluding carboxylic acids is 1. The van der Waals surface area contributed by atoms with Gasteiger partial charge in [-0.1, -0.05) is 12.1 Å². The summed E-state index contributed by atoms with van der Waals surface area (Å²) in [4.78, 5) is 14.4. The number of anilines is 1. The van der Waals surface area contributed by atoms with Gasteiger partial charge < -0.3 is 20.1 Å². The Morgan fingerprint density at radius 3 is 2.58 bits per heavy atom. The summed E-state index contributed by atoms with van der Waals surface area (Å²) in [6.07, 6.45) is 4.16. The van der Waals surface area contributed by atoms with Crippen LogP contribution in [-0.4, -0.2) is 33.9 Å². The van der Waals surface area contributed by atoms with E-state index in [4.69, 9.17) is 0 Å². The fourth-order valence-electron chi connectivity index (χ4n) is 2.98. The normalized spacial score (nSPS) is 15.3. The topological polar surface area (TPSA) is 75.1 Å². The second kappa shape index (κ2) is 7.33. The van der Waals surface area contributed by atoms with Gasteiger partial charge >= 0.3 is 6.03 Å². The number of amides is 2. The number of aromatic nitrogens is 3. The van der Waals surface area contributed by atoms with Crippen LogP contribution in [0.5, 0.6) is 0 Å². The maximum absolute atomic E-state index is 12.0. The van der Waals surface area contributed by atoms with E-state index in [0.717, 1.165) is 24.5 Å². The molecule has 7 heteroatoms. The van der Waals surface area contributed by atoms with Gasteiger partial charge in [-0.15, -0.1) is 10.2 Å². The molecule has 24 heavy (non-hydrogen) atoms. The lowest BCUT2D eigenvalue weighted by Gasteiger charge is -2.18. The second-order valence-electron chi connectivity index (χ2n) is 6.21. The van der Waals surface area contributed by atoms with E-state index in [0.29, 0.717) is 6.54 Å². The molecular weight excluding hydrogens is 304 g/mol. The first-order valence-electron chi connectivity index (χ1n) is 8.35. The first kappa shape index (κ1) is 16.3. The smallest absolute Gasteiger partial charge is 0.315 e. The second-order valence-corrected chi connectivity index (χ2v) is 6.21. The maximum atomic E-state index is 12.0. The number of aryl methyl sites for hydroxylation is 1. The predicted molar refractivity (Wildman–Crippen MR) is 92.7 cm³/mol. The molecule has 1 aliphatic rings. The molecule has 2 amide bonds. The third-order valence-corrected chi connectivity index (χ3v) is 4.34. The Bertz CT molecular complexity index is 675. The first-order valence-corrected chi connectivity index (χ1v) is 8.35. The molecule has 0 aliphatic carbocycles. The van der Waals surface area contributed by atoms with Gasteiger partial charge in [-0.25, -0.2) is 4.79 Å². The van der Waals surface area contributed by atoms with E-state index < -0.39 is 0 Å².